The molecule has 2 aliphatic heterocycles. The number of piperidine rings is 2. The summed E-state index contributed by atoms with van der Waals surface area (Å²) in [6.07, 6.45) is 6.75. The largest absolute Gasteiger partial charge is 0.494 e. The molecule has 0 bridgehead atoms. The van der Waals surface area contributed by atoms with Crippen molar-refractivity contribution in [2.24, 2.45) is 17.3 Å². The van der Waals surface area contributed by atoms with E-state index in [1.165, 1.54) is 28.4 Å². The average molecular weight is 1120 g/mol. The van der Waals surface area contributed by atoms with E-state index in [0.29, 0.717) is 71.1 Å². The monoisotopic (exact) mass is 1120 g/mol. The number of rotatable bonds is 21. The highest BCUT2D eigenvalue weighted by Gasteiger charge is 2.62. The van der Waals surface area contributed by atoms with Gasteiger partial charge in [0.25, 0.3) is 23.3 Å². The first-order valence-electron chi connectivity index (χ1n) is 27.7. The molecule has 422 valence electrons. The number of carbonyl (C=O) groups is 4. The van der Waals surface area contributed by atoms with Crippen LogP contribution in [-0.4, -0.2) is 128 Å². The molecule has 2 heterocycles. The number of aliphatic hydroxyl groups is 1. The Morgan fingerprint density at radius 3 is 1.83 bits per heavy atom. The van der Waals surface area contributed by atoms with Crippen LogP contribution in [0.1, 0.15) is 134 Å². The van der Waals surface area contributed by atoms with Crippen molar-refractivity contribution in [2.45, 2.75) is 127 Å². The number of nitrogens with zero attached hydrogens (tertiary/aromatic N) is 4. The lowest BCUT2D eigenvalue weighted by Gasteiger charge is -2.39. The van der Waals surface area contributed by atoms with Gasteiger partial charge in [0.15, 0.2) is 0 Å². The van der Waals surface area contributed by atoms with E-state index in [1.807, 2.05) is 31.2 Å². The molecule has 0 aromatic heterocycles. The van der Waals surface area contributed by atoms with Crippen molar-refractivity contribution in [3.8, 4) is 17.2 Å². The van der Waals surface area contributed by atoms with Crippen molar-refractivity contribution in [3.05, 3.63) is 123 Å². The number of amides is 4. The minimum atomic E-state index is -5.30. The molecule has 78 heavy (non-hydrogen) atoms. The molecule has 1 N–H and O–H groups in total. The Kier molecular flexibility index (Phi) is 18.7. The second-order valence-electron chi connectivity index (χ2n) is 22.7. The van der Waals surface area contributed by atoms with E-state index in [-0.39, 0.29) is 47.9 Å². The molecular weight excluding hydrogens is 1040 g/mol. The summed E-state index contributed by atoms with van der Waals surface area (Å²) in [5.74, 6) is 0.581. The minimum Gasteiger partial charge on any atom is -0.494 e. The van der Waals surface area contributed by atoms with E-state index < -0.39 is 34.8 Å². The maximum atomic E-state index is 14.9. The predicted molar refractivity (Wildman–Crippen MR) is 295 cm³/mol. The maximum Gasteiger partial charge on any atom is 0.430 e. The lowest BCUT2D eigenvalue weighted by molar-refractivity contribution is -0.262. The van der Waals surface area contributed by atoms with Crippen molar-refractivity contribution in [1.82, 2.24) is 19.6 Å². The fraction of sp³-hybridized carbons (Fsp3) is 0.541. The van der Waals surface area contributed by atoms with E-state index in [1.54, 1.807) is 64.6 Å². The van der Waals surface area contributed by atoms with Crippen molar-refractivity contribution in [1.29, 1.82) is 0 Å². The molecule has 8 rings (SSSR count). The fourth-order valence-electron chi connectivity index (χ4n) is 12.2. The summed E-state index contributed by atoms with van der Waals surface area (Å²) in [7, 11) is 6.68. The third-order valence-corrected chi connectivity index (χ3v) is 17.5. The van der Waals surface area contributed by atoms with Crippen LogP contribution < -0.4 is 14.2 Å². The summed E-state index contributed by atoms with van der Waals surface area (Å²) in [5.41, 5.74) is -1.87. The molecule has 17 heteroatoms. The summed E-state index contributed by atoms with van der Waals surface area (Å²) in [6, 6.07) is 23.4. The molecule has 4 fully saturated rings. The van der Waals surface area contributed by atoms with Gasteiger partial charge in [-0.05, 0) is 154 Å². The molecule has 4 aliphatic rings. The van der Waals surface area contributed by atoms with E-state index in [4.69, 9.17) is 37.4 Å². The van der Waals surface area contributed by atoms with Crippen LogP contribution in [0.3, 0.4) is 0 Å². The lowest BCUT2D eigenvalue weighted by atomic mass is 9.76. The SMILES string of the molecule is CC(Cc1ccc(C2(C(=O)N3CCC4(CC3)C[C@H]4CCCOc3ccc(C(=O)N(C)C)c(Cl)c3)CCCC2)cc1)Oc1cccc([C@](O)(C(=O)N2CCC(CCCCOc3ccc(C(=O)N(C)C)c(Cl)c3)CC2)C(F)(F)F)c1. The number of likely N-dealkylation sites (tertiary alicyclic amines) is 2. The highest BCUT2D eigenvalue weighted by molar-refractivity contribution is 6.34. The maximum absolute atomic E-state index is 14.9. The second kappa shape index (κ2) is 24.9. The van der Waals surface area contributed by atoms with Gasteiger partial charge in [0.2, 0.25) is 5.91 Å². The summed E-state index contributed by atoms with van der Waals surface area (Å²) in [5, 5.41) is 12.1. The normalized spacial score (nSPS) is 19.2. The van der Waals surface area contributed by atoms with Crippen LogP contribution in [0.15, 0.2) is 84.9 Å². The molecule has 1 spiro atoms. The molecular formula is C61H75Cl2F3N4O8. The van der Waals surface area contributed by atoms with Gasteiger partial charge in [-0.3, -0.25) is 19.2 Å². The van der Waals surface area contributed by atoms with Gasteiger partial charge in [0.1, 0.15) is 17.2 Å². The van der Waals surface area contributed by atoms with E-state index in [2.05, 4.69) is 4.90 Å². The number of unbranched alkanes of at least 4 members (excludes halogenated alkanes) is 1. The molecule has 3 atom stereocenters. The topological polar surface area (TPSA) is 129 Å². The van der Waals surface area contributed by atoms with Crippen LogP contribution in [0.2, 0.25) is 10.0 Å². The molecule has 4 aromatic carbocycles. The van der Waals surface area contributed by atoms with Crippen LogP contribution >= 0.6 is 23.2 Å². The van der Waals surface area contributed by atoms with E-state index >= 15 is 0 Å². The van der Waals surface area contributed by atoms with Crippen molar-refractivity contribution < 1.29 is 51.7 Å². The quantitative estimate of drug-likeness (QED) is 0.0817. The summed E-state index contributed by atoms with van der Waals surface area (Å²) in [6.45, 7) is 4.50. The molecule has 2 saturated carbocycles. The van der Waals surface area contributed by atoms with Gasteiger partial charge in [0.05, 0.1) is 45.9 Å². The molecule has 1 unspecified atom stereocenters. The van der Waals surface area contributed by atoms with Gasteiger partial charge >= 0.3 is 6.18 Å². The Balaban J connectivity index is 0.783. The first-order valence-corrected chi connectivity index (χ1v) is 28.4. The highest BCUT2D eigenvalue weighted by atomic mass is 35.5. The molecule has 12 nitrogen and oxygen atoms in total. The van der Waals surface area contributed by atoms with Gasteiger partial charge in [-0.25, -0.2) is 0 Å². The summed E-state index contributed by atoms with van der Waals surface area (Å²) < 4.78 is 62.8. The molecule has 0 radical (unpaired) electrons. The number of alkyl halides is 3. The Hall–Kier alpha value is -5.51. The summed E-state index contributed by atoms with van der Waals surface area (Å²) >= 11 is 12.7. The Morgan fingerprint density at radius 2 is 1.28 bits per heavy atom. The number of hydrogen-bond acceptors (Lipinski definition) is 8. The van der Waals surface area contributed by atoms with Crippen molar-refractivity contribution >= 4 is 46.8 Å². The number of ether oxygens (including phenoxy) is 3. The first-order chi connectivity index (χ1) is 37.1. The van der Waals surface area contributed by atoms with Gasteiger partial charge in [-0.1, -0.05) is 78.9 Å². The fourth-order valence-corrected chi connectivity index (χ4v) is 12.7. The Morgan fingerprint density at radius 1 is 0.705 bits per heavy atom. The number of benzene rings is 4. The molecule has 4 aromatic rings. The Bertz CT molecular complexity index is 2750. The van der Waals surface area contributed by atoms with Gasteiger partial charge in [-0.2, -0.15) is 13.2 Å². The smallest absolute Gasteiger partial charge is 0.430 e. The molecule has 2 aliphatic carbocycles. The molecule has 4 amide bonds. The van der Waals surface area contributed by atoms with Gasteiger partial charge < -0.3 is 38.9 Å². The van der Waals surface area contributed by atoms with E-state index in [9.17, 15) is 37.5 Å². The lowest BCUT2D eigenvalue weighted by Crippen LogP contribution is -2.57. The summed E-state index contributed by atoms with van der Waals surface area (Å²) in [4.78, 5) is 59.0. The van der Waals surface area contributed by atoms with Crippen molar-refractivity contribution in [2.75, 3.05) is 67.6 Å². The predicted octanol–water partition coefficient (Wildman–Crippen LogP) is 11.9. The van der Waals surface area contributed by atoms with Crippen LogP contribution in [-0.2, 0) is 27.0 Å². The van der Waals surface area contributed by atoms with Crippen molar-refractivity contribution in [3.63, 3.8) is 0 Å². The van der Waals surface area contributed by atoms with Gasteiger partial charge in [-0.15, -0.1) is 0 Å². The number of halogens is 5. The van der Waals surface area contributed by atoms with Crippen LogP contribution in [0.5, 0.6) is 17.2 Å². The van der Waals surface area contributed by atoms with Crippen LogP contribution in [0.25, 0.3) is 0 Å². The van der Waals surface area contributed by atoms with E-state index in [0.717, 1.165) is 112 Å². The van der Waals surface area contributed by atoms with Crippen LogP contribution in [0, 0.1) is 17.3 Å². The Labute approximate surface area is 467 Å². The second-order valence-corrected chi connectivity index (χ2v) is 23.5. The minimum absolute atomic E-state index is 0.0902. The standard InChI is InChI=1S/C61H75Cl2F3N4O8/c1-41(78-49-15-10-13-45(37-49)60(75,61(64,65)66)57(74)69-30-24-42(25-31-69)12-6-9-34-76-47-20-22-50(52(62)38-47)54(71)67(2)3)36-43-16-18-44(19-17-43)59(26-7-8-27-59)56(73)70-32-28-58(29-33-70)40-46(58)14-11-35-77-48-21-23-51(53(63)39-48)55(72)68(4)5/h10,13,15-23,37-39,41-42,46,75H,6-9,11-12,14,24-36,40H2,1-5H3/t41?,46-,60+/m1/s1. The highest BCUT2D eigenvalue weighted by Crippen LogP contribution is 2.61. The average Bonchev–Trinajstić information content (AvgIpc) is 3.98. The zero-order valence-corrected chi connectivity index (χ0v) is 47.2. The number of hydrogen-bond donors (Lipinski definition) is 1. The number of carbonyl (C=O) groups excluding carboxylic acids is 4. The van der Waals surface area contributed by atoms with Crippen LogP contribution in [0.4, 0.5) is 13.2 Å². The first kappa shape index (κ1) is 58.6. The van der Waals surface area contributed by atoms with Gasteiger partial charge in [0, 0.05) is 66.4 Å². The zero-order chi connectivity index (χ0) is 56.0. The molecule has 2 saturated heterocycles. The zero-order valence-electron chi connectivity index (χ0n) is 45.6. The third-order valence-electron chi connectivity index (χ3n) is 16.9. The third kappa shape index (κ3) is 13.2.